The molecule has 1 fully saturated rings. The number of sulfone groups is 1. The molecule has 0 bridgehead atoms. The van der Waals surface area contributed by atoms with Gasteiger partial charge < -0.3 is 9.47 Å². The third-order valence-corrected chi connectivity index (χ3v) is 9.43. The van der Waals surface area contributed by atoms with Gasteiger partial charge in [0.15, 0.2) is 27.2 Å². The Balaban J connectivity index is 0.000000274. The molecule has 268 valence electrons. The van der Waals surface area contributed by atoms with Crippen LogP contribution in [0, 0.1) is 21.8 Å². The fraction of sp³-hybridized carbons (Fsp3) is 0.321. The molecule has 0 atom stereocenters. The molecule has 1 aliphatic rings. The first-order chi connectivity index (χ1) is 23.3. The third-order valence-electron chi connectivity index (χ3n) is 6.93. The maximum atomic E-state index is 14.3. The first-order valence-electron chi connectivity index (χ1n) is 13.8. The number of anilines is 1. The van der Waals surface area contributed by atoms with Crippen molar-refractivity contribution in [2.75, 3.05) is 31.8 Å². The number of alkyl halides is 2. The zero-order valence-corrected chi connectivity index (χ0v) is 28.0. The zero-order valence-electron chi connectivity index (χ0n) is 26.3. The van der Waals surface area contributed by atoms with Gasteiger partial charge in [0.1, 0.15) is 11.7 Å². The summed E-state index contributed by atoms with van der Waals surface area (Å²) >= 11 is 0. The van der Waals surface area contributed by atoms with Gasteiger partial charge in [0.25, 0.3) is 15.7 Å². The maximum Gasteiger partial charge on any atom is 0.355 e. The molecular formula is C28H26F3N5O12S2. The molecule has 0 spiro atoms. The molecule has 2 aromatic carbocycles. The lowest BCUT2D eigenvalue weighted by atomic mass is 9.81. The van der Waals surface area contributed by atoms with E-state index in [4.69, 9.17) is 9.47 Å². The Hall–Kier alpha value is -5.38. The highest BCUT2D eigenvalue weighted by molar-refractivity contribution is 7.93. The summed E-state index contributed by atoms with van der Waals surface area (Å²) < 4.78 is 95.9. The van der Waals surface area contributed by atoms with Gasteiger partial charge in [0.2, 0.25) is 11.6 Å². The molecule has 0 saturated heterocycles. The molecular weight excluding hydrogens is 719 g/mol. The van der Waals surface area contributed by atoms with Crippen LogP contribution >= 0.6 is 0 Å². The summed E-state index contributed by atoms with van der Waals surface area (Å²) in [5.74, 6) is -10.3. The second-order valence-corrected chi connectivity index (χ2v) is 14.1. The molecule has 0 unspecified atom stereocenters. The topological polar surface area (TPSA) is 240 Å². The van der Waals surface area contributed by atoms with Crippen molar-refractivity contribution < 1.29 is 63.6 Å². The van der Waals surface area contributed by atoms with Crippen LogP contribution in [0.3, 0.4) is 0 Å². The number of methoxy groups -OCH3 is 2. The Morgan fingerprint density at radius 1 is 0.960 bits per heavy atom. The van der Waals surface area contributed by atoms with Crippen molar-refractivity contribution in [3.8, 4) is 12.0 Å². The summed E-state index contributed by atoms with van der Waals surface area (Å²) in [7, 11) is -5.79. The van der Waals surface area contributed by atoms with Crippen LogP contribution in [0.1, 0.15) is 45.8 Å². The quantitative estimate of drug-likeness (QED) is 0.118. The molecule has 1 heterocycles. The first kappa shape index (κ1) is 39.1. The summed E-state index contributed by atoms with van der Waals surface area (Å²) in [5.41, 5.74) is -2.60. The van der Waals surface area contributed by atoms with Gasteiger partial charge in [-0.05, 0) is 30.7 Å². The number of rotatable bonds is 11. The summed E-state index contributed by atoms with van der Waals surface area (Å²) in [6, 6.07) is 5.16. The molecule has 0 N–H and O–H groups in total. The number of aromatic nitrogens is 3. The fourth-order valence-electron chi connectivity index (χ4n) is 4.46. The SMILES string of the molecule is COc1nc(OC)nc(C(=O)c2cccc(F)c2N(C)S(=O)(=O)C(F)F)n1.CS(=O)(=O)c1ccc(C(=O)C2C(=O)CCCC2=O)c([N+](=O)[O-])c1. The van der Waals surface area contributed by atoms with Crippen LogP contribution in [-0.4, -0.2) is 93.1 Å². The van der Waals surface area contributed by atoms with Crippen LogP contribution in [0.4, 0.5) is 24.5 Å². The fourth-order valence-corrected chi connectivity index (χ4v) is 5.78. The summed E-state index contributed by atoms with van der Waals surface area (Å²) in [6.45, 7) is 0. The Morgan fingerprint density at radius 3 is 2.00 bits per heavy atom. The molecule has 0 aliphatic heterocycles. The van der Waals surface area contributed by atoms with Crippen molar-refractivity contribution in [3.05, 3.63) is 69.3 Å². The normalized spacial score (nSPS) is 13.7. The van der Waals surface area contributed by atoms with Crippen LogP contribution in [0.15, 0.2) is 41.3 Å². The van der Waals surface area contributed by atoms with E-state index >= 15 is 0 Å². The van der Waals surface area contributed by atoms with E-state index in [0.29, 0.717) is 13.5 Å². The van der Waals surface area contributed by atoms with Gasteiger partial charge in [0, 0.05) is 32.2 Å². The van der Waals surface area contributed by atoms with E-state index in [0.717, 1.165) is 42.7 Å². The van der Waals surface area contributed by atoms with E-state index in [1.165, 1.54) is 14.2 Å². The zero-order chi connectivity index (χ0) is 37.7. The standard InChI is InChI=1S/C14H13F3N4O5S.C14H13NO7S/c1-21(27(23,24)12(16)17)9-7(5-4-6-8(9)15)10(22)11-18-13(25-2)20-14(19-11)26-3;1-23(21,22)8-5-6-9(10(7-8)15(19)20)14(18)13-11(16)3-2-4-12(13)17/h4-6,12H,1-3H3;5-7,13H,2-4H2,1H3. The predicted octanol–water partition coefficient (Wildman–Crippen LogP) is 2.37. The van der Waals surface area contributed by atoms with Gasteiger partial charge in [-0.3, -0.25) is 33.6 Å². The number of halogens is 3. The highest BCUT2D eigenvalue weighted by Crippen LogP contribution is 2.31. The van der Waals surface area contributed by atoms with Crippen LogP contribution in [0.25, 0.3) is 0 Å². The molecule has 22 heteroatoms. The summed E-state index contributed by atoms with van der Waals surface area (Å²) in [5, 5.41) is 11.1. The van der Waals surface area contributed by atoms with Crippen LogP contribution in [0.2, 0.25) is 0 Å². The summed E-state index contributed by atoms with van der Waals surface area (Å²) in [6.07, 6.45) is 1.37. The summed E-state index contributed by atoms with van der Waals surface area (Å²) in [4.78, 5) is 69.8. The number of carbonyl (C=O) groups excluding carboxylic acids is 4. The monoisotopic (exact) mass is 745 g/mol. The van der Waals surface area contributed by atoms with E-state index < -0.39 is 93.7 Å². The van der Waals surface area contributed by atoms with E-state index in [-0.39, 0.29) is 34.1 Å². The van der Waals surface area contributed by atoms with Crippen molar-refractivity contribution in [1.29, 1.82) is 0 Å². The van der Waals surface area contributed by atoms with Crippen LogP contribution in [-0.2, 0) is 29.4 Å². The number of nitro benzene ring substituents is 1. The minimum atomic E-state index is -5.21. The predicted molar refractivity (Wildman–Crippen MR) is 164 cm³/mol. The molecule has 17 nitrogen and oxygen atoms in total. The third kappa shape index (κ3) is 8.42. The van der Waals surface area contributed by atoms with Crippen molar-refractivity contribution in [3.63, 3.8) is 0 Å². The van der Waals surface area contributed by atoms with E-state index in [2.05, 4.69) is 15.0 Å². The van der Waals surface area contributed by atoms with E-state index in [9.17, 15) is 59.3 Å². The number of carbonyl (C=O) groups is 4. The molecule has 1 aliphatic carbocycles. The Labute approximate surface area is 281 Å². The van der Waals surface area contributed by atoms with Gasteiger partial charge in [-0.2, -0.15) is 18.7 Å². The lowest BCUT2D eigenvalue weighted by Crippen LogP contribution is -2.35. The number of nitro groups is 1. The van der Waals surface area contributed by atoms with Gasteiger partial charge in [-0.1, -0.05) is 6.07 Å². The van der Waals surface area contributed by atoms with Gasteiger partial charge in [-0.15, -0.1) is 4.98 Å². The van der Waals surface area contributed by atoms with Gasteiger partial charge >= 0.3 is 17.8 Å². The van der Waals surface area contributed by atoms with Gasteiger partial charge in [0.05, 0.1) is 40.9 Å². The van der Waals surface area contributed by atoms with Crippen molar-refractivity contribution in [2.45, 2.75) is 29.9 Å². The smallest absolute Gasteiger partial charge is 0.355 e. The van der Waals surface area contributed by atoms with E-state index in [1.807, 2.05) is 0 Å². The largest absolute Gasteiger partial charge is 0.467 e. The number of benzene rings is 2. The minimum Gasteiger partial charge on any atom is -0.467 e. The van der Waals surface area contributed by atoms with Crippen molar-refractivity contribution in [2.24, 2.45) is 5.92 Å². The van der Waals surface area contributed by atoms with Crippen LogP contribution in [0.5, 0.6) is 12.0 Å². The lowest BCUT2D eigenvalue weighted by molar-refractivity contribution is -0.385. The second kappa shape index (κ2) is 15.4. The number of Topliss-reactive ketones (excluding diaryl/α,β-unsaturated/α-hetero) is 3. The maximum absolute atomic E-state index is 14.3. The lowest BCUT2D eigenvalue weighted by Gasteiger charge is -2.21. The van der Waals surface area contributed by atoms with Crippen molar-refractivity contribution in [1.82, 2.24) is 15.0 Å². The molecule has 0 amide bonds. The Kier molecular flexibility index (Phi) is 12.1. The molecule has 1 saturated carbocycles. The number of hydrogen-bond acceptors (Lipinski definition) is 15. The van der Waals surface area contributed by atoms with E-state index in [1.54, 1.807) is 0 Å². The highest BCUT2D eigenvalue weighted by Gasteiger charge is 2.39. The van der Waals surface area contributed by atoms with Gasteiger partial charge in [-0.25, -0.2) is 21.2 Å². The minimum absolute atomic E-state index is 0.00408. The number of hydrogen-bond donors (Lipinski definition) is 0. The molecule has 4 rings (SSSR count). The van der Waals surface area contributed by atoms with Crippen LogP contribution < -0.4 is 13.8 Å². The molecule has 0 radical (unpaired) electrons. The molecule has 3 aromatic rings. The number of sulfonamides is 1. The second-order valence-electron chi connectivity index (χ2n) is 10.2. The average Bonchev–Trinajstić information content (AvgIpc) is 3.06. The molecule has 50 heavy (non-hydrogen) atoms. The Bertz CT molecular complexity index is 2060. The average molecular weight is 746 g/mol. The van der Waals surface area contributed by atoms with Crippen molar-refractivity contribution >= 4 is 54.4 Å². The number of ether oxygens (including phenoxy) is 2. The number of para-hydroxylation sites is 1. The molecule has 1 aromatic heterocycles. The first-order valence-corrected chi connectivity index (χ1v) is 17.2. The number of ketones is 4. The Morgan fingerprint density at radius 2 is 1.52 bits per heavy atom. The highest BCUT2D eigenvalue weighted by atomic mass is 32.2. The number of nitrogens with zero attached hydrogens (tertiary/aromatic N) is 5.